The van der Waals surface area contributed by atoms with Crippen molar-refractivity contribution in [3.63, 3.8) is 0 Å². The van der Waals surface area contributed by atoms with Gasteiger partial charge in [-0.05, 0) is 19.3 Å². The molecule has 0 aromatic carbocycles. The van der Waals surface area contributed by atoms with Crippen molar-refractivity contribution in [2.24, 2.45) is 0 Å². The van der Waals surface area contributed by atoms with Crippen LogP contribution in [0.15, 0.2) is 0 Å². The molecule has 0 radical (unpaired) electrons. The quantitative estimate of drug-likeness (QED) is 0.378. The zero-order valence-corrected chi connectivity index (χ0v) is 14.3. The zero-order chi connectivity index (χ0) is 16.7. The minimum Gasteiger partial charge on any atom is -0.481 e. The van der Waals surface area contributed by atoms with Gasteiger partial charge in [0.1, 0.15) is 0 Å². The highest BCUT2D eigenvalue weighted by Crippen LogP contribution is 2.39. The van der Waals surface area contributed by atoms with Gasteiger partial charge in [0.2, 0.25) is 0 Å². The van der Waals surface area contributed by atoms with E-state index in [2.05, 4.69) is 6.92 Å². The molecule has 0 amide bonds. The zero-order valence-electron chi connectivity index (χ0n) is 14.3. The number of hydrogen-bond donors (Lipinski definition) is 2. The van der Waals surface area contributed by atoms with Crippen molar-refractivity contribution in [3.05, 3.63) is 0 Å². The van der Waals surface area contributed by atoms with Gasteiger partial charge in [-0.25, -0.2) is 0 Å². The van der Waals surface area contributed by atoms with E-state index in [0.717, 1.165) is 57.8 Å². The molecule has 0 aliphatic carbocycles. The normalized spacial score (nSPS) is 30.2. The highest BCUT2D eigenvalue weighted by molar-refractivity contribution is 5.66. The number of unbranched alkanes of at least 4 members (excludes halogenated alkanes) is 4. The first kappa shape index (κ1) is 18.7. The summed E-state index contributed by atoms with van der Waals surface area (Å²) in [7, 11) is 0. The number of hydrogen-bond acceptors (Lipinski definition) is 4. The number of carbonyl (C=O) groups is 1. The Hall–Kier alpha value is -0.650. The Morgan fingerprint density at radius 2 is 1.65 bits per heavy atom. The van der Waals surface area contributed by atoms with Crippen LogP contribution >= 0.6 is 0 Å². The summed E-state index contributed by atoms with van der Waals surface area (Å²) in [6.07, 6.45) is 11.4. The van der Waals surface area contributed by atoms with E-state index in [9.17, 15) is 9.90 Å². The predicted octanol–water partition coefficient (Wildman–Crippen LogP) is 3.28. The van der Waals surface area contributed by atoms with E-state index in [4.69, 9.17) is 14.6 Å². The molecule has 5 atom stereocenters. The van der Waals surface area contributed by atoms with Gasteiger partial charge in [0.05, 0.1) is 30.5 Å². The van der Waals surface area contributed by atoms with E-state index in [1.807, 2.05) is 0 Å². The lowest BCUT2D eigenvalue weighted by Crippen LogP contribution is -2.11. The van der Waals surface area contributed by atoms with Gasteiger partial charge in [-0.3, -0.25) is 4.79 Å². The Labute approximate surface area is 139 Å². The molecule has 23 heavy (non-hydrogen) atoms. The summed E-state index contributed by atoms with van der Waals surface area (Å²) in [5.74, 6) is -0.693. The molecule has 2 aliphatic heterocycles. The molecule has 0 aromatic rings. The van der Waals surface area contributed by atoms with Crippen LogP contribution in [-0.2, 0) is 14.3 Å². The Morgan fingerprint density at radius 3 is 2.39 bits per heavy atom. The maximum atomic E-state index is 10.4. The van der Waals surface area contributed by atoms with Crippen molar-refractivity contribution in [1.82, 2.24) is 0 Å². The van der Waals surface area contributed by atoms with Gasteiger partial charge in [-0.2, -0.15) is 0 Å². The van der Waals surface area contributed by atoms with Crippen LogP contribution in [0.1, 0.15) is 77.6 Å². The molecule has 5 nitrogen and oxygen atoms in total. The number of ether oxygens (including phenoxy) is 2. The van der Waals surface area contributed by atoms with Crippen LogP contribution < -0.4 is 0 Å². The third-order valence-corrected chi connectivity index (χ3v) is 4.85. The Morgan fingerprint density at radius 1 is 1.00 bits per heavy atom. The maximum absolute atomic E-state index is 10.4. The van der Waals surface area contributed by atoms with Gasteiger partial charge in [0.15, 0.2) is 0 Å². The Balaban J connectivity index is 1.40. The van der Waals surface area contributed by atoms with Crippen molar-refractivity contribution >= 4 is 5.97 Å². The molecule has 2 aliphatic rings. The number of aliphatic carboxylic acids is 1. The SMILES string of the molecule is CCCC(O)CC1OC1CC1OC1CCCCCCCC(=O)O. The fraction of sp³-hybridized carbons (Fsp3) is 0.944. The lowest BCUT2D eigenvalue weighted by atomic mass is 10.0. The number of rotatable bonds is 14. The molecule has 0 saturated carbocycles. The molecule has 0 spiro atoms. The average molecular weight is 328 g/mol. The highest BCUT2D eigenvalue weighted by atomic mass is 16.6. The van der Waals surface area contributed by atoms with E-state index in [-0.39, 0.29) is 12.2 Å². The minimum atomic E-state index is -0.693. The van der Waals surface area contributed by atoms with Crippen molar-refractivity contribution in [2.75, 3.05) is 0 Å². The number of epoxide rings is 2. The average Bonchev–Trinajstić information content (AvgIpc) is 3.38. The molecule has 0 bridgehead atoms. The number of carboxylic acids is 1. The third-order valence-electron chi connectivity index (χ3n) is 4.85. The van der Waals surface area contributed by atoms with E-state index < -0.39 is 5.97 Å². The molecular formula is C18H32O5. The standard InChI is InChI=1S/C18H32O5/c1-2-8-13(19)11-15-17(23-15)12-16-14(22-16)9-6-4-3-5-7-10-18(20)21/h13-17,19H,2-12H2,1H3,(H,20,21). The molecule has 0 aromatic heterocycles. The van der Waals surface area contributed by atoms with Crippen LogP contribution in [0.3, 0.4) is 0 Å². The maximum Gasteiger partial charge on any atom is 0.303 e. The summed E-state index contributed by atoms with van der Waals surface area (Å²) in [6, 6.07) is 0. The first-order chi connectivity index (χ1) is 11.1. The Kier molecular flexibility index (Phi) is 7.80. The summed E-state index contributed by atoms with van der Waals surface area (Å²) in [5, 5.41) is 18.3. The second kappa shape index (κ2) is 9.60. The Bertz CT molecular complexity index is 359. The van der Waals surface area contributed by atoms with E-state index >= 15 is 0 Å². The molecule has 5 heteroatoms. The number of aliphatic hydroxyl groups is 1. The fourth-order valence-electron chi connectivity index (χ4n) is 3.33. The van der Waals surface area contributed by atoms with Crippen LogP contribution in [0.5, 0.6) is 0 Å². The lowest BCUT2D eigenvalue weighted by molar-refractivity contribution is -0.137. The van der Waals surface area contributed by atoms with Crippen molar-refractivity contribution < 1.29 is 24.5 Å². The molecule has 2 heterocycles. The van der Waals surface area contributed by atoms with Gasteiger partial charge in [-0.15, -0.1) is 0 Å². The van der Waals surface area contributed by atoms with E-state index in [0.29, 0.717) is 24.7 Å². The molecule has 2 saturated heterocycles. The number of carboxylic acid groups (broad SMARTS) is 1. The van der Waals surface area contributed by atoms with Crippen LogP contribution in [0.4, 0.5) is 0 Å². The van der Waals surface area contributed by atoms with Gasteiger partial charge in [0.25, 0.3) is 0 Å². The molecule has 2 N–H and O–H groups in total. The smallest absolute Gasteiger partial charge is 0.303 e. The van der Waals surface area contributed by atoms with E-state index in [1.54, 1.807) is 0 Å². The molecular weight excluding hydrogens is 296 g/mol. The summed E-state index contributed by atoms with van der Waals surface area (Å²) in [6.45, 7) is 2.09. The first-order valence-electron chi connectivity index (χ1n) is 9.31. The molecule has 2 fully saturated rings. The largest absolute Gasteiger partial charge is 0.481 e. The van der Waals surface area contributed by atoms with Crippen LogP contribution in [0.25, 0.3) is 0 Å². The van der Waals surface area contributed by atoms with Gasteiger partial charge < -0.3 is 19.7 Å². The minimum absolute atomic E-state index is 0.216. The van der Waals surface area contributed by atoms with Crippen molar-refractivity contribution in [1.29, 1.82) is 0 Å². The van der Waals surface area contributed by atoms with Gasteiger partial charge in [-0.1, -0.05) is 39.0 Å². The third kappa shape index (κ3) is 7.64. The van der Waals surface area contributed by atoms with E-state index in [1.165, 1.54) is 6.42 Å². The molecule has 5 unspecified atom stereocenters. The summed E-state index contributed by atoms with van der Waals surface area (Å²) < 4.78 is 11.3. The van der Waals surface area contributed by atoms with Crippen LogP contribution in [0.2, 0.25) is 0 Å². The molecule has 2 rings (SSSR count). The van der Waals surface area contributed by atoms with Gasteiger partial charge in [0, 0.05) is 19.3 Å². The number of aliphatic hydroxyl groups excluding tert-OH is 1. The molecule has 134 valence electrons. The first-order valence-corrected chi connectivity index (χ1v) is 9.31. The van der Waals surface area contributed by atoms with Gasteiger partial charge >= 0.3 is 5.97 Å². The van der Waals surface area contributed by atoms with Crippen LogP contribution in [-0.4, -0.2) is 46.7 Å². The lowest BCUT2D eigenvalue weighted by Gasteiger charge is -2.05. The second-order valence-electron chi connectivity index (χ2n) is 7.04. The second-order valence-corrected chi connectivity index (χ2v) is 7.04. The summed E-state index contributed by atoms with van der Waals surface area (Å²) in [4.78, 5) is 10.4. The van der Waals surface area contributed by atoms with Crippen molar-refractivity contribution in [2.45, 2.75) is 108 Å². The highest BCUT2D eigenvalue weighted by Gasteiger charge is 2.48. The summed E-state index contributed by atoms with van der Waals surface area (Å²) >= 11 is 0. The fourth-order valence-corrected chi connectivity index (χ4v) is 3.33. The van der Waals surface area contributed by atoms with Crippen LogP contribution in [0, 0.1) is 0 Å². The topological polar surface area (TPSA) is 82.6 Å². The predicted molar refractivity (Wildman–Crippen MR) is 87.4 cm³/mol. The van der Waals surface area contributed by atoms with Crippen molar-refractivity contribution in [3.8, 4) is 0 Å². The monoisotopic (exact) mass is 328 g/mol. The summed E-state index contributed by atoms with van der Waals surface area (Å²) in [5.41, 5.74) is 0.